The minimum atomic E-state index is -0.201. The number of urea groups is 1. The Morgan fingerprint density at radius 2 is 2.18 bits per heavy atom. The van der Waals surface area contributed by atoms with Gasteiger partial charge in [-0.25, -0.2) is 9.18 Å². The molecule has 3 nitrogen and oxygen atoms in total. The fraction of sp³-hybridized carbons (Fsp3) is 0.462. The van der Waals surface area contributed by atoms with Crippen LogP contribution in [0.25, 0.3) is 0 Å². The fourth-order valence-corrected chi connectivity index (χ4v) is 2.23. The van der Waals surface area contributed by atoms with Gasteiger partial charge in [-0.3, -0.25) is 0 Å². The number of hydrogen-bond acceptors (Lipinski definition) is 1. The molecule has 0 bridgehead atoms. The van der Waals surface area contributed by atoms with Crippen LogP contribution in [0.15, 0.2) is 18.2 Å². The minimum absolute atomic E-state index is 0.0294. The second kappa shape index (κ2) is 4.35. The zero-order chi connectivity index (χ0) is 12.6. The molecule has 1 atom stereocenters. The highest BCUT2D eigenvalue weighted by Crippen LogP contribution is 2.28. The first-order valence-electron chi connectivity index (χ1n) is 5.82. The van der Waals surface area contributed by atoms with Crippen molar-refractivity contribution in [2.75, 3.05) is 20.1 Å². The lowest BCUT2D eigenvalue weighted by Crippen LogP contribution is -2.29. The highest BCUT2D eigenvalue weighted by Gasteiger charge is 2.34. The number of amides is 2. The second-order valence-electron chi connectivity index (χ2n) is 4.46. The summed E-state index contributed by atoms with van der Waals surface area (Å²) in [5.41, 5.74) is 1.62. The molecule has 1 saturated heterocycles. The third-order valence-corrected chi connectivity index (χ3v) is 3.38. The number of likely N-dealkylation sites (N-methyl/N-ethyl adjacent to an activating group) is 2. The molecule has 1 fully saturated rings. The van der Waals surface area contributed by atoms with Crippen molar-refractivity contribution in [2.24, 2.45) is 0 Å². The summed E-state index contributed by atoms with van der Waals surface area (Å²) in [7, 11) is 1.79. The molecular formula is C13H17FN2O. The van der Waals surface area contributed by atoms with Crippen LogP contribution in [0.2, 0.25) is 0 Å². The topological polar surface area (TPSA) is 23.6 Å². The lowest BCUT2D eigenvalue weighted by Gasteiger charge is -2.18. The van der Waals surface area contributed by atoms with Gasteiger partial charge in [0.15, 0.2) is 0 Å². The molecule has 0 aliphatic carbocycles. The van der Waals surface area contributed by atoms with Crippen LogP contribution in [0.1, 0.15) is 24.1 Å². The van der Waals surface area contributed by atoms with Gasteiger partial charge in [-0.2, -0.15) is 0 Å². The third-order valence-electron chi connectivity index (χ3n) is 3.38. The molecule has 4 heteroatoms. The van der Waals surface area contributed by atoms with Gasteiger partial charge < -0.3 is 9.80 Å². The van der Waals surface area contributed by atoms with Crippen LogP contribution < -0.4 is 0 Å². The largest absolute Gasteiger partial charge is 0.323 e. The predicted molar refractivity (Wildman–Crippen MR) is 64.3 cm³/mol. The molecule has 1 aliphatic rings. The summed E-state index contributed by atoms with van der Waals surface area (Å²) < 4.78 is 13.2. The highest BCUT2D eigenvalue weighted by atomic mass is 19.1. The SMILES string of the molecule is CCN1CC(c2ccc(F)c(C)c2)N(C)C1=O. The van der Waals surface area contributed by atoms with E-state index in [-0.39, 0.29) is 17.9 Å². The van der Waals surface area contributed by atoms with Crippen molar-refractivity contribution in [1.29, 1.82) is 0 Å². The van der Waals surface area contributed by atoms with Crippen molar-refractivity contribution in [3.63, 3.8) is 0 Å². The Morgan fingerprint density at radius 3 is 2.71 bits per heavy atom. The maximum Gasteiger partial charge on any atom is 0.320 e. The van der Waals surface area contributed by atoms with E-state index in [0.717, 1.165) is 5.56 Å². The molecule has 0 N–H and O–H groups in total. The maximum absolute atomic E-state index is 13.2. The Morgan fingerprint density at radius 1 is 1.47 bits per heavy atom. The first-order valence-corrected chi connectivity index (χ1v) is 5.82. The van der Waals surface area contributed by atoms with E-state index < -0.39 is 0 Å². The first kappa shape index (κ1) is 11.9. The third kappa shape index (κ3) is 1.99. The number of aryl methyl sites for hydroxylation is 1. The zero-order valence-corrected chi connectivity index (χ0v) is 10.4. The van der Waals surface area contributed by atoms with Crippen LogP contribution >= 0.6 is 0 Å². The first-order chi connectivity index (χ1) is 8.04. The summed E-state index contributed by atoms with van der Waals surface area (Å²) in [4.78, 5) is 15.4. The van der Waals surface area contributed by atoms with Gasteiger partial charge in [0.2, 0.25) is 0 Å². The summed E-state index contributed by atoms with van der Waals surface area (Å²) >= 11 is 0. The second-order valence-corrected chi connectivity index (χ2v) is 4.46. The summed E-state index contributed by atoms with van der Waals surface area (Å²) in [5.74, 6) is -0.201. The number of carbonyl (C=O) groups excluding carboxylic acids is 1. The van der Waals surface area contributed by atoms with E-state index in [1.165, 1.54) is 6.07 Å². The van der Waals surface area contributed by atoms with Gasteiger partial charge in [0.25, 0.3) is 0 Å². The van der Waals surface area contributed by atoms with Crippen LogP contribution in [0.3, 0.4) is 0 Å². The smallest absolute Gasteiger partial charge is 0.320 e. The number of rotatable bonds is 2. The van der Waals surface area contributed by atoms with Crippen molar-refractivity contribution in [3.8, 4) is 0 Å². The molecule has 17 heavy (non-hydrogen) atoms. The lowest BCUT2D eigenvalue weighted by atomic mass is 10.0. The normalized spacial score (nSPS) is 20.2. The van der Waals surface area contributed by atoms with Gasteiger partial charge in [-0.05, 0) is 31.0 Å². The van der Waals surface area contributed by atoms with Gasteiger partial charge in [-0.15, -0.1) is 0 Å². The number of nitrogens with zero attached hydrogens (tertiary/aromatic N) is 2. The van der Waals surface area contributed by atoms with Crippen LogP contribution in [0.4, 0.5) is 9.18 Å². The molecule has 0 radical (unpaired) electrons. The van der Waals surface area contributed by atoms with Crippen LogP contribution in [0, 0.1) is 12.7 Å². The number of hydrogen-bond donors (Lipinski definition) is 0. The quantitative estimate of drug-likeness (QED) is 0.774. The molecule has 0 saturated carbocycles. The van der Waals surface area contributed by atoms with Crippen molar-refractivity contribution in [3.05, 3.63) is 35.1 Å². The van der Waals surface area contributed by atoms with E-state index in [2.05, 4.69) is 0 Å². The standard InChI is InChI=1S/C13H17FN2O/c1-4-16-8-12(15(3)13(16)17)10-5-6-11(14)9(2)7-10/h5-7,12H,4,8H2,1-3H3. The van der Waals surface area contributed by atoms with Crippen molar-refractivity contribution in [1.82, 2.24) is 9.80 Å². The zero-order valence-electron chi connectivity index (χ0n) is 10.4. The Bertz CT molecular complexity index is 447. The maximum atomic E-state index is 13.2. The average molecular weight is 236 g/mol. The van der Waals surface area contributed by atoms with Crippen molar-refractivity contribution in [2.45, 2.75) is 19.9 Å². The fourth-order valence-electron chi connectivity index (χ4n) is 2.23. The average Bonchev–Trinajstić information content (AvgIpc) is 2.60. The molecule has 2 rings (SSSR count). The van der Waals surface area contributed by atoms with Gasteiger partial charge in [0, 0.05) is 20.1 Å². The van der Waals surface area contributed by atoms with E-state index in [1.807, 2.05) is 13.0 Å². The van der Waals surface area contributed by atoms with Crippen molar-refractivity contribution < 1.29 is 9.18 Å². The molecule has 0 aromatic heterocycles. The summed E-state index contributed by atoms with van der Waals surface area (Å²) in [6.45, 7) is 5.09. The minimum Gasteiger partial charge on any atom is -0.323 e. The number of carbonyl (C=O) groups is 1. The molecule has 1 aromatic rings. The molecule has 92 valence electrons. The number of halogens is 1. The molecule has 1 heterocycles. The monoisotopic (exact) mass is 236 g/mol. The van der Waals surface area contributed by atoms with E-state index in [4.69, 9.17) is 0 Å². The molecule has 2 amide bonds. The van der Waals surface area contributed by atoms with Gasteiger partial charge in [0.1, 0.15) is 5.82 Å². The molecule has 0 spiro atoms. The Labute approximate surface area is 101 Å². The molecule has 1 aromatic carbocycles. The van der Waals surface area contributed by atoms with E-state index in [1.54, 1.807) is 29.8 Å². The summed E-state index contributed by atoms with van der Waals surface area (Å²) in [6.07, 6.45) is 0. The highest BCUT2D eigenvalue weighted by molar-refractivity contribution is 5.77. The van der Waals surface area contributed by atoms with Gasteiger partial charge >= 0.3 is 6.03 Å². The van der Waals surface area contributed by atoms with Crippen molar-refractivity contribution >= 4 is 6.03 Å². The summed E-state index contributed by atoms with van der Waals surface area (Å²) in [6, 6.07) is 5.12. The van der Waals surface area contributed by atoms with Crippen LogP contribution in [0.5, 0.6) is 0 Å². The van der Waals surface area contributed by atoms with Gasteiger partial charge in [0.05, 0.1) is 6.04 Å². The van der Waals surface area contributed by atoms with Gasteiger partial charge in [-0.1, -0.05) is 12.1 Å². The van der Waals surface area contributed by atoms with Crippen LogP contribution in [-0.4, -0.2) is 36.0 Å². The predicted octanol–water partition coefficient (Wildman–Crippen LogP) is 2.56. The Balaban J connectivity index is 2.29. The lowest BCUT2D eigenvalue weighted by molar-refractivity contribution is 0.197. The Kier molecular flexibility index (Phi) is 3.05. The molecule has 1 unspecified atom stereocenters. The molecular weight excluding hydrogens is 219 g/mol. The number of benzene rings is 1. The van der Waals surface area contributed by atoms with E-state index in [9.17, 15) is 9.18 Å². The summed E-state index contributed by atoms with van der Waals surface area (Å²) in [5, 5.41) is 0. The van der Waals surface area contributed by atoms with E-state index >= 15 is 0 Å². The van der Waals surface area contributed by atoms with Crippen LogP contribution in [-0.2, 0) is 0 Å². The van der Waals surface area contributed by atoms with E-state index in [0.29, 0.717) is 18.7 Å². The molecule has 1 aliphatic heterocycles. The Hall–Kier alpha value is -1.58.